The van der Waals surface area contributed by atoms with E-state index >= 15 is 0 Å². The van der Waals surface area contributed by atoms with E-state index in [1.807, 2.05) is 0 Å². The van der Waals surface area contributed by atoms with Crippen LogP contribution >= 0.6 is 0 Å². The van der Waals surface area contributed by atoms with Crippen LogP contribution in [0.3, 0.4) is 0 Å². The number of benzene rings is 1. The van der Waals surface area contributed by atoms with Crippen LogP contribution in [0.25, 0.3) is 0 Å². The summed E-state index contributed by atoms with van der Waals surface area (Å²) in [6.07, 6.45) is 1.92. The fourth-order valence-corrected chi connectivity index (χ4v) is 2.11. The molecule has 1 aliphatic heterocycles. The summed E-state index contributed by atoms with van der Waals surface area (Å²) in [5.41, 5.74) is 2.51. The van der Waals surface area contributed by atoms with Crippen molar-refractivity contribution in [3.05, 3.63) is 35.4 Å². The summed E-state index contributed by atoms with van der Waals surface area (Å²) in [4.78, 5) is 24.1. The molecule has 1 aromatic rings. The molecule has 0 radical (unpaired) electrons. The van der Waals surface area contributed by atoms with Gasteiger partial charge in [-0.05, 0) is 0 Å². The van der Waals surface area contributed by atoms with Crippen molar-refractivity contribution in [2.24, 2.45) is 5.10 Å². The van der Waals surface area contributed by atoms with E-state index in [9.17, 15) is 9.59 Å². The average Bonchev–Trinajstić information content (AvgIpc) is 2.83. The maximum Gasteiger partial charge on any atom is 0.198 e. The molecule has 0 atom stereocenters. The molecule has 0 unspecified atom stereocenters. The third-order valence-corrected chi connectivity index (χ3v) is 2.94. The molecule has 3 rings (SSSR count). The Morgan fingerprint density at radius 3 is 2.20 bits per heavy atom. The molecule has 0 fully saturated rings. The zero-order valence-corrected chi connectivity index (χ0v) is 7.86. The zero-order valence-electron chi connectivity index (χ0n) is 7.86. The number of fused-ring (bicyclic) bond motifs is 1. The number of carbonyl (C=O) groups excluding carboxylic acids is 2. The number of hydrazone groups is 1. The quantitative estimate of drug-likeness (QED) is 0.630. The number of Topliss-reactive ketones (excluding diaryl/α,β-unsaturated/α-hetero) is 2. The van der Waals surface area contributed by atoms with Crippen LogP contribution in [-0.2, 0) is 0 Å². The predicted octanol–water partition coefficient (Wildman–Crippen LogP) is 0.783. The minimum Gasteiger partial charge on any atom is -0.291 e. The van der Waals surface area contributed by atoms with Gasteiger partial charge in [-0.15, -0.1) is 0 Å². The number of nitrogens with zero attached hydrogens (tertiary/aromatic N) is 1. The van der Waals surface area contributed by atoms with E-state index in [4.69, 9.17) is 0 Å². The van der Waals surface area contributed by atoms with Crippen molar-refractivity contribution < 1.29 is 9.59 Å². The molecule has 1 heterocycles. The summed E-state index contributed by atoms with van der Waals surface area (Å²) in [6.45, 7) is 0. The molecule has 15 heavy (non-hydrogen) atoms. The minimum absolute atomic E-state index is 0.166. The van der Waals surface area contributed by atoms with E-state index in [-0.39, 0.29) is 11.6 Å². The van der Waals surface area contributed by atoms with Gasteiger partial charge >= 0.3 is 0 Å². The second-order valence-corrected chi connectivity index (χ2v) is 3.74. The zero-order chi connectivity index (χ0) is 10.5. The van der Waals surface area contributed by atoms with Gasteiger partial charge in [0.15, 0.2) is 17.1 Å². The minimum atomic E-state index is -1.14. The molecular weight excluding hydrogens is 192 g/mol. The lowest BCUT2D eigenvalue weighted by atomic mass is 9.92. The lowest BCUT2D eigenvalue weighted by Crippen LogP contribution is -2.49. The highest BCUT2D eigenvalue weighted by atomic mass is 16.2. The van der Waals surface area contributed by atoms with Crippen molar-refractivity contribution in [2.75, 3.05) is 0 Å². The first-order chi connectivity index (χ1) is 7.26. The predicted molar refractivity (Wildman–Crippen MR) is 54.1 cm³/mol. The molecule has 0 aromatic heterocycles. The highest BCUT2D eigenvalue weighted by Gasteiger charge is 2.54. The smallest absolute Gasteiger partial charge is 0.198 e. The molecule has 1 N–H and O–H groups in total. The fourth-order valence-electron chi connectivity index (χ4n) is 2.11. The van der Waals surface area contributed by atoms with Gasteiger partial charge < -0.3 is 0 Å². The number of rotatable bonds is 0. The Morgan fingerprint density at radius 1 is 1.13 bits per heavy atom. The highest BCUT2D eigenvalue weighted by Crippen LogP contribution is 2.33. The summed E-state index contributed by atoms with van der Waals surface area (Å²) in [7, 11) is 0. The number of carbonyl (C=O) groups is 2. The van der Waals surface area contributed by atoms with E-state index in [0.717, 1.165) is 0 Å². The topological polar surface area (TPSA) is 58.5 Å². The summed E-state index contributed by atoms with van der Waals surface area (Å²) in [5, 5.41) is 3.79. The molecular formula is C11H8N2O2. The van der Waals surface area contributed by atoms with Gasteiger partial charge in [-0.25, -0.2) is 0 Å². The maximum absolute atomic E-state index is 12.1. The van der Waals surface area contributed by atoms with E-state index in [0.29, 0.717) is 17.5 Å². The molecule has 74 valence electrons. The standard InChI is InChI=1S/C11H8N2O2/c14-9-7-3-1-2-4-8(7)10(15)11(9)5-6-12-13-11/h1-4,6,13H,5H2. The van der Waals surface area contributed by atoms with Gasteiger partial charge in [-0.1, -0.05) is 24.3 Å². The Bertz CT molecular complexity index is 460. The van der Waals surface area contributed by atoms with Crippen LogP contribution in [0.15, 0.2) is 29.4 Å². The van der Waals surface area contributed by atoms with Crippen molar-refractivity contribution in [2.45, 2.75) is 12.0 Å². The van der Waals surface area contributed by atoms with Crippen molar-refractivity contribution in [3.63, 3.8) is 0 Å². The average molecular weight is 200 g/mol. The second kappa shape index (κ2) is 2.53. The van der Waals surface area contributed by atoms with Crippen LogP contribution in [0.4, 0.5) is 0 Å². The van der Waals surface area contributed by atoms with E-state index in [2.05, 4.69) is 10.5 Å². The Morgan fingerprint density at radius 2 is 1.73 bits per heavy atom. The molecule has 0 amide bonds. The van der Waals surface area contributed by atoms with Crippen LogP contribution in [-0.4, -0.2) is 23.3 Å². The third-order valence-electron chi connectivity index (χ3n) is 2.94. The molecule has 4 nitrogen and oxygen atoms in total. The lowest BCUT2D eigenvalue weighted by Gasteiger charge is -2.17. The molecule has 4 heteroatoms. The number of hydrogen-bond acceptors (Lipinski definition) is 4. The Labute approximate surface area is 86.0 Å². The van der Waals surface area contributed by atoms with Gasteiger partial charge in [0, 0.05) is 23.8 Å². The van der Waals surface area contributed by atoms with Crippen molar-refractivity contribution in [1.82, 2.24) is 5.43 Å². The summed E-state index contributed by atoms with van der Waals surface area (Å²) < 4.78 is 0. The third kappa shape index (κ3) is 0.837. The lowest BCUT2D eigenvalue weighted by molar-refractivity contribution is 0.0777. The largest absolute Gasteiger partial charge is 0.291 e. The van der Waals surface area contributed by atoms with Crippen LogP contribution in [0, 0.1) is 0 Å². The van der Waals surface area contributed by atoms with Gasteiger partial charge in [0.25, 0.3) is 0 Å². The second-order valence-electron chi connectivity index (χ2n) is 3.74. The van der Waals surface area contributed by atoms with Crippen LogP contribution in [0.1, 0.15) is 27.1 Å². The summed E-state index contributed by atoms with van der Waals surface area (Å²) >= 11 is 0. The number of ketones is 2. The SMILES string of the molecule is O=C1c2ccccc2C(=O)C12CC=NN2. The fraction of sp³-hybridized carbons (Fsp3) is 0.182. The van der Waals surface area contributed by atoms with Gasteiger partial charge in [0.2, 0.25) is 0 Å². The van der Waals surface area contributed by atoms with Gasteiger partial charge in [0.05, 0.1) is 0 Å². The molecule has 1 spiro atoms. The molecule has 2 aliphatic rings. The highest BCUT2D eigenvalue weighted by molar-refractivity contribution is 6.34. The monoisotopic (exact) mass is 200 g/mol. The first-order valence-corrected chi connectivity index (χ1v) is 4.73. The van der Waals surface area contributed by atoms with E-state index in [1.165, 1.54) is 0 Å². The van der Waals surface area contributed by atoms with Gasteiger partial charge in [-0.2, -0.15) is 5.10 Å². The summed E-state index contributed by atoms with van der Waals surface area (Å²) in [5.74, 6) is -0.332. The van der Waals surface area contributed by atoms with Crippen molar-refractivity contribution in [1.29, 1.82) is 0 Å². The Hall–Kier alpha value is -1.97. The number of nitrogens with one attached hydrogen (secondary N) is 1. The Balaban J connectivity index is 2.21. The summed E-state index contributed by atoms with van der Waals surface area (Å²) in [6, 6.07) is 6.90. The van der Waals surface area contributed by atoms with Gasteiger partial charge in [0.1, 0.15) is 0 Å². The number of hydrogen-bond donors (Lipinski definition) is 1. The molecule has 0 bridgehead atoms. The molecule has 0 saturated carbocycles. The van der Waals surface area contributed by atoms with E-state index in [1.54, 1.807) is 30.5 Å². The van der Waals surface area contributed by atoms with Crippen LogP contribution in [0.5, 0.6) is 0 Å². The maximum atomic E-state index is 12.1. The first kappa shape index (κ1) is 8.35. The van der Waals surface area contributed by atoms with Crippen LogP contribution in [0.2, 0.25) is 0 Å². The molecule has 0 saturated heterocycles. The van der Waals surface area contributed by atoms with E-state index < -0.39 is 5.54 Å². The van der Waals surface area contributed by atoms with Crippen molar-refractivity contribution >= 4 is 17.8 Å². The molecule has 1 aromatic carbocycles. The van der Waals surface area contributed by atoms with Crippen molar-refractivity contribution in [3.8, 4) is 0 Å². The van der Waals surface area contributed by atoms with Crippen LogP contribution < -0.4 is 5.43 Å². The molecule has 1 aliphatic carbocycles. The normalized spacial score (nSPS) is 20.8. The Kier molecular flexibility index (Phi) is 1.41. The first-order valence-electron chi connectivity index (χ1n) is 4.73. The van der Waals surface area contributed by atoms with Gasteiger partial charge in [-0.3, -0.25) is 15.0 Å².